The maximum atomic E-state index is 9.17. The van der Waals surface area contributed by atoms with E-state index in [9.17, 15) is 5.11 Å². The average molecular weight is 354 g/mol. The van der Waals surface area contributed by atoms with E-state index in [2.05, 4.69) is 46.0 Å². The van der Waals surface area contributed by atoms with E-state index in [1.165, 1.54) is 29.6 Å². The van der Waals surface area contributed by atoms with Gasteiger partial charge in [-0.1, -0.05) is 39.7 Å². The maximum absolute atomic E-state index is 9.17. The minimum atomic E-state index is -0.130. The van der Waals surface area contributed by atoms with Gasteiger partial charge < -0.3 is 5.11 Å². The van der Waals surface area contributed by atoms with Gasteiger partial charge in [-0.2, -0.15) is 0 Å². The SMILES string of the molecule is CC1=C(/C(=N\CO)SCc2ccccc2Br)CCCC1. The molecule has 0 aromatic heterocycles. The molecular formula is C16H20BrNOS. The highest BCUT2D eigenvalue weighted by Gasteiger charge is 2.15. The molecule has 20 heavy (non-hydrogen) atoms. The molecule has 0 radical (unpaired) electrons. The monoisotopic (exact) mass is 353 g/mol. The number of nitrogens with zero attached hydrogens (tertiary/aromatic N) is 1. The maximum Gasteiger partial charge on any atom is 0.135 e. The molecule has 0 atom stereocenters. The first-order valence-corrected chi connectivity index (χ1v) is 8.70. The van der Waals surface area contributed by atoms with Crippen molar-refractivity contribution in [1.82, 2.24) is 0 Å². The van der Waals surface area contributed by atoms with E-state index in [4.69, 9.17) is 0 Å². The van der Waals surface area contributed by atoms with Crippen molar-refractivity contribution in [2.24, 2.45) is 4.99 Å². The Morgan fingerprint density at radius 3 is 2.75 bits per heavy atom. The van der Waals surface area contributed by atoms with E-state index in [0.29, 0.717) is 0 Å². The lowest BCUT2D eigenvalue weighted by atomic mass is 9.93. The summed E-state index contributed by atoms with van der Waals surface area (Å²) in [6.45, 7) is 2.06. The van der Waals surface area contributed by atoms with E-state index in [-0.39, 0.29) is 6.73 Å². The molecule has 2 nitrogen and oxygen atoms in total. The van der Waals surface area contributed by atoms with Crippen LogP contribution in [-0.2, 0) is 5.75 Å². The number of aliphatic hydroxyl groups excluding tert-OH is 1. The minimum Gasteiger partial charge on any atom is -0.375 e. The molecule has 0 fully saturated rings. The Morgan fingerprint density at radius 1 is 1.30 bits per heavy atom. The van der Waals surface area contributed by atoms with Gasteiger partial charge in [0.2, 0.25) is 0 Å². The van der Waals surface area contributed by atoms with E-state index in [1.807, 2.05) is 6.07 Å². The summed E-state index contributed by atoms with van der Waals surface area (Å²) in [6, 6.07) is 8.25. The first-order chi connectivity index (χ1) is 9.72. The standard InChI is InChI=1S/C16H20BrNOS/c1-12-6-2-4-8-14(12)16(18-11-19)20-10-13-7-3-5-9-15(13)17/h3,5,7,9,19H,2,4,6,8,10-11H2,1H3/b18-16+. The van der Waals surface area contributed by atoms with Crippen molar-refractivity contribution in [2.75, 3.05) is 6.73 Å². The van der Waals surface area contributed by atoms with Gasteiger partial charge in [0.15, 0.2) is 0 Å². The van der Waals surface area contributed by atoms with E-state index in [1.54, 1.807) is 11.8 Å². The molecule has 1 N–H and O–H groups in total. The Bertz CT molecular complexity index is 525. The summed E-state index contributed by atoms with van der Waals surface area (Å²) in [5.74, 6) is 0.872. The zero-order valence-corrected chi connectivity index (χ0v) is 14.1. The summed E-state index contributed by atoms with van der Waals surface area (Å²) in [7, 11) is 0. The van der Waals surface area contributed by atoms with Gasteiger partial charge in [0, 0.05) is 10.2 Å². The van der Waals surface area contributed by atoms with Crippen molar-refractivity contribution in [3.8, 4) is 0 Å². The number of allylic oxidation sites excluding steroid dienone is 1. The van der Waals surface area contributed by atoms with Crippen LogP contribution in [0.15, 0.2) is 44.9 Å². The van der Waals surface area contributed by atoms with Crippen LogP contribution in [0.3, 0.4) is 0 Å². The quantitative estimate of drug-likeness (QED) is 0.615. The van der Waals surface area contributed by atoms with Crippen molar-refractivity contribution < 1.29 is 5.11 Å². The summed E-state index contributed by atoms with van der Waals surface area (Å²) in [6.07, 6.45) is 4.76. The number of aliphatic imine (C=N–C) groups is 1. The molecule has 0 unspecified atom stereocenters. The highest BCUT2D eigenvalue weighted by atomic mass is 79.9. The summed E-state index contributed by atoms with van der Waals surface area (Å²) >= 11 is 5.30. The van der Waals surface area contributed by atoms with Crippen molar-refractivity contribution in [1.29, 1.82) is 0 Å². The van der Waals surface area contributed by atoms with Gasteiger partial charge in [-0.15, -0.1) is 11.8 Å². The number of rotatable bonds is 4. The summed E-state index contributed by atoms with van der Waals surface area (Å²) in [5, 5.41) is 10.2. The number of halogens is 1. The number of hydrogen-bond acceptors (Lipinski definition) is 3. The van der Waals surface area contributed by atoms with Crippen LogP contribution in [-0.4, -0.2) is 16.9 Å². The molecule has 0 bridgehead atoms. The number of benzene rings is 1. The van der Waals surface area contributed by atoms with Crippen molar-refractivity contribution >= 4 is 32.7 Å². The van der Waals surface area contributed by atoms with Gasteiger partial charge in [0.05, 0.1) is 5.04 Å². The smallest absolute Gasteiger partial charge is 0.135 e. The predicted octanol–water partition coefficient (Wildman–Crippen LogP) is 4.92. The molecule has 0 amide bonds. The lowest BCUT2D eigenvalue weighted by Gasteiger charge is -2.19. The van der Waals surface area contributed by atoms with E-state index in [0.717, 1.165) is 28.1 Å². The Morgan fingerprint density at radius 2 is 2.05 bits per heavy atom. The third-order valence-corrected chi connectivity index (χ3v) is 5.42. The van der Waals surface area contributed by atoms with Crippen LogP contribution in [0.5, 0.6) is 0 Å². The lowest BCUT2D eigenvalue weighted by Crippen LogP contribution is -2.07. The van der Waals surface area contributed by atoms with Crippen molar-refractivity contribution in [3.63, 3.8) is 0 Å². The number of thioether (sulfide) groups is 1. The normalized spacial score (nSPS) is 16.6. The summed E-state index contributed by atoms with van der Waals surface area (Å²) in [5.41, 5.74) is 4.04. The van der Waals surface area contributed by atoms with Crippen LogP contribution < -0.4 is 0 Å². The van der Waals surface area contributed by atoms with Gasteiger partial charge in [0.25, 0.3) is 0 Å². The molecule has 1 aromatic carbocycles. The minimum absolute atomic E-state index is 0.130. The van der Waals surface area contributed by atoms with Crippen LogP contribution in [0.25, 0.3) is 0 Å². The molecule has 1 aliphatic rings. The lowest BCUT2D eigenvalue weighted by molar-refractivity contribution is 0.310. The van der Waals surface area contributed by atoms with Crippen LogP contribution >= 0.6 is 27.7 Å². The molecule has 0 aliphatic heterocycles. The molecule has 0 heterocycles. The molecule has 108 valence electrons. The second-order valence-electron chi connectivity index (χ2n) is 4.95. The van der Waals surface area contributed by atoms with Gasteiger partial charge in [0.1, 0.15) is 6.73 Å². The Hall–Kier alpha value is -0.580. The molecule has 0 saturated heterocycles. The van der Waals surface area contributed by atoms with Gasteiger partial charge in [-0.3, -0.25) is 4.99 Å². The zero-order valence-electron chi connectivity index (χ0n) is 11.7. The first-order valence-electron chi connectivity index (χ1n) is 6.93. The van der Waals surface area contributed by atoms with Crippen LogP contribution in [0.4, 0.5) is 0 Å². The molecule has 0 spiro atoms. The Kier molecular flexibility index (Phi) is 6.33. The third-order valence-electron chi connectivity index (χ3n) is 3.54. The number of hydrogen-bond donors (Lipinski definition) is 1. The second-order valence-corrected chi connectivity index (χ2v) is 6.77. The highest BCUT2D eigenvalue weighted by Crippen LogP contribution is 2.31. The Labute approximate surface area is 133 Å². The molecule has 2 rings (SSSR count). The zero-order chi connectivity index (χ0) is 14.4. The van der Waals surface area contributed by atoms with Crippen molar-refractivity contribution in [2.45, 2.75) is 38.4 Å². The fourth-order valence-electron chi connectivity index (χ4n) is 2.40. The summed E-state index contributed by atoms with van der Waals surface area (Å²) < 4.78 is 1.13. The van der Waals surface area contributed by atoms with Crippen LogP contribution in [0, 0.1) is 0 Å². The van der Waals surface area contributed by atoms with Crippen LogP contribution in [0.2, 0.25) is 0 Å². The third kappa shape index (κ3) is 4.21. The molecule has 1 aliphatic carbocycles. The predicted molar refractivity (Wildman–Crippen MR) is 91.1 cm³/mol. The topological polar surface area (TPSA) is 32.6 Å². The van der Waals surface area contributed by atoms with Gasteiger partial charge in [-0.05, 0) is 49.8 Å². The fraction of sp³-hybridized carbons (Fsp3) is 0.438. The second kappa shape index (κ2) is 8.01. The van der Waals surface area contributed by atoms with Gasteiger partial charge >= 0.3 is 0 Å². The largest absolute Gasteiger partial charge is 0.375 e. The fourth-order valence-corrected chi connectivity index (χ4v) is 4.15. The number of aliphatic hydroxyl groups is 1. The van der Waals surface area contributed by atoms with Crippen molar-refractivity contribution in [3.05, 3.63) is 45.4 Å². The van der Waals surface area contributed by atoms with Gasteiger partial charge in [-0.25, -0.2) is 0 Å². The molecule has 0 saturated carbocycles. The molecule has 1 aromatic rings. The summed E-state index contributed by atoms with van der Waals surface area (Å²) in [4.78, 5) is 4.30. The highest BCUT2D eigenvalue weighted by molar-refractivity contribution is 9.10. The molecular weight excluding hydrogens is 334 g/mol. The van der Waals surface area contributed by atoms with Crippen LogP contribution in [0.1, 0.15) is 38.2 Å². The van der Waals surface area contributed by atoms with E-state index < -0.39 is 0 Å². The Balaban J connectivity index is 2.11. The first kappa shape index (κ1) is 15.8. The molecule has 4 heteroatoms. The average Bonchev–Trinajstić information content (AvgIpc) is 2.46. The van der Waals surface area contributed by atoms with E-state index >= 15 is 0 Å².